The van der Waals surface area contributed by atoms with E-state index in [0.717, 1.165) is 5.69 Å². The van der Waals surface area contributed by atoms with Crippen LogP contribution in [0.5, 0.6) is 0 Å². The van der Waals surface area contributed by atoms with Crippen molar-refractivity contribution < 1.29 is 32.4 Å². The summed E-state index contributed by atoms with van der Waals surface area (Å²) in [6.07, 6.45) is -1.24. The zero-order valence-electron chi connectivity index (χ0n) is 18.5. The van der Waals surface area contributed by atoms with E-state index in [9.17, 15) is 27.6 Å². The molecular weight excluding hydrogens is 469 g/mol. The maximum absolute atomic E-state index is 12.5. The number of hydroxylamine groups is 1. The second-order valence-corrected chi connectivity index (χ2v) is 7.81. The lowest BCUT2D eigenvalue weighted by Gasteiger charge is -2.33. The van der Waals surface area contributed by atoms with Gasteiger partial charge in [-0.2, -0.15) is 13.2 Å². The van der Waals surface area contributed by atoms with Crippen molar-refractivity contribution >= 4 is 35.4 Å². The number of aromatic nitrogens is 2. The molecule has 35 heavy (non-hydrogen) atoms. The number of imidazole rings is 1. The number of anilines is 2. The van der Waals surface area contributed by atoms with Crippen molar-refractivity contribution in [2.75, 3.05) is 43.2 Å². The molecule has 0 radical (unpaired) electrons. The number of likely N-dealkylation sites (N-methyl/N-ethyl adjacent to an activating group) is 1. The lowest BCUT2D eigenvalue weighted by molar-refractivity contribution is -0.130. The molecule has 3 amide bonds. The zero-order chi connectivity index (χ0) is 25.2. The number of hydrogen-bond donors (Lipinski definition) is 1. The van der Waals surface area contributed by atoms with E-state index >= 15 is 0 Å². The van der Waals surface area contributed by atoms with Crippen molar-refractivity contribution in [2.24, 2.45) is 0 Å². The summed E-state index contributed by atoms with van der Waals surface area (Å²) in [5.41, 5.74) is 2.69. The summed E-state index contributed by atoms with van der Waals surface area (Å²) in [6, 6.07) is 8.61. The second kappa shape index (κ2) is 9.52. The smallest absolute Gasteiger partial charge is 0.360 e. The number of urea groups is 1. The first-order chi connectivity index (χ1) is 16.7. The van der Waals surface area contributed by atoms with E-state index in [0.29, 0.717) is 35.1 Å². The van der Waals surface area contributed by atoms with Crippen LogP contribution in [0.15, 0.2) is 48.8 Å². The molecule has 13 heteroatoms. The van der Waals surface area contributed by atoms with Crippen LogP contribution in [0.2, 0.25) is 0 Å². The number of alkyl halides is 3. The van der Waals surface area contributed by atoms with Crippen molar-refractivity contribution in [1.82, 2.24) is 19.6 Å². The number of nitrogens with zero attached hydrogens (tertiary/aromatic N) is 5. The Morgan fingerprint density at radius 3 is 2.77 bits per heavy atom. The fourth-order valence-electron chi connectivity index (χ4n) is 3.67. The number of nitrogens with one attached hydrogen (secondary N) is 1. The van der Waals surface area contributed by atoms with Gasteiger partial charge in [-0.15, -0.1) is 5.06 Å². The molecule has 1 saturated heterocycles. The van der Waals surface area contributed by atoms with Crippen LogP contribution in [0.1, 0.15) is 0 Å². The van der Waals surface area contributed by atoms with Gasteiger partial charge in [0.05, 0.1) is 24.1 Å². The normalized spacial score (nSPS) is 14.2. The lowest BCUT2D eigenvalue weighted by Crippen LogP contribution is -2.48. The zero-order valence-corrected chi connectivity index (χ0v) is 18.5. The van der Waals surface area contributed by atoms with E-state index < -0.39 is 18.8 Å². The number of benzene rings is 1. The molecule has 0 atom stereocenters. The molecular formula is C22H21F3N6O4. The molecule has 3 heterocycles. The summed E-state index contributed by atoms with van der Waals surface area (Å²) in [7, 11) is 1.76. The number of halogens is 3. The van der Waals surface area contributed by atoms with E-state index in [1.54, 1.807) is 46.2 Å². The number of fused-ring (bicyclic) bond motifs is 1. The van der Waals surface area contributed by atoms with Gasteiger partial charge in [0.1, 0.15) is 12.2 Å². The molecule has 1 aliphatic heterocycles. The molecule has 4 rings (SSSR count). The predicted octanol–water partition coefficient (Wildman–Crippen LogP) is 2.45. The van der Waals surface area contributed by atoms with Crippen LogP contribution >= 0.6 is 0 Å². The highest BCUT2D eigenvalue weighted by molar-refractivity contribution is 5.91. The molecule has 1 fully saturated rings. The molecule has 1 aromatic carbocycles. The van der Waals surface area contributed by atoms with E-state index in [2.05, 4.69) is 9.82 Å². The first-order valence-corrected chi connectivity index (χ1v) is 10.5. The summed E-state index contributed by atoms with van der Waals surface area (Å²) in [5, 5.41) is 2.10. The van der Waals surface area contributed by atoms with Crippen molar-refractivity contribution in [3.63, 3.8) is 0 Å². The lowest BCUT2D eigenvalue weighted by atomic mass is 10.1. The maximum Gasteiger partial charge on any atom is 0.405 e. The van der Waals surface area contributed by atoms with Crippen LogP contribution in [0.4, 0.5) is 29.3 Å². The fraction of sp³-hybridized carbons (Fsp3) is 0.273. The molecule has 0 unspecified atom stereocenters. The molecule has 1 aliphatic rings. The van der Waals surface area contributed by atoms with Crippen LogP contribution in [-0.4, -0.2) is 72.1 Å². The quantitative estimate of drug-likeness (QED) is 0.421. The second-order valence-electron chi connectivity index (χ2n) is 7.81. The van der Waals surface area contributed by atoms with Crippen LogP contribution in [0, 0.1) is 0 Å². The number of amides is 3. The molecule has 1 N–H and O–H groups in total. The predicted molar refractivity (Wildman–Crippen MR) is 120 cm³/mol. The minimum Gasteiger partial charge on any atom is -0.360 e. The Kier molecular flexibility index (Phi) is 6.49. The van der Waals surface area contributed by atoms with Crippen molar-refractivity contribution in [3.8, 4) is 11.3 Å². The highest BCUT2D eigenvalue weighted by Crippen LogP contribution is 2.28. The molecule has 10 nitrogen and oxygen atoms in total. The molecule has 0 aliphatic carbocycles. The Bertz CT molecular complexity index is 1260. The number of carbonyl (C=O) groups is 3. The van der Waals surface area contributed by atoms with Gasteiger partial charge in [0.15, 0.2) is 0 Å². The largest absolute Gasteiger partial charge is 0.405 e. The summed E-state index contributed by atoms with van der Waals surface area (Å²) >= 11 is 0. The summed E-state index contributed by atoms with van der Waals surface area (Å²) in [5.74, 6) is 0.0262. The highest BCUT2D eigenvalue weighted by atomic mass is 19.4. The minimum atomic E-state index is -4.63. The fourth-order valence-corrected chi connectivity index (χ4v) is 3.67. The average molecular weight is 490 g/mol. The van der Waals surface area contributed by atoms with Gasteiger partial charge >= 0.3 is 18.7 Å². The van der Waals surface area contributed by atoms with Gasteiger partial charge in [-0.3, -0.25) is 14.0 Å². The van der Waals surface area contributed by atoms with Gasteiger partial charge < -0.3 is 20.0 Å². The Hall–Kier alpha value is -4.29. The van der Waals surface area contributed by atoms with Crippen LogP contribution < -0.4 is 15.3 Å². The molecule has 0 saturated carbocycles. The monoisotopic (exact) mass is 490 g/mol. The van der Waals surface area contributed by atoms with Gasteiger partial charge in [-0.05, 0) is 18.2 Å². The SMILES string of the molecule is CN1CCN(c2ccn3c(-c4cccc(N(OC=O)C(=O)NCC(F)(F)F)c4)cnc3c2)CC1=O. The highest BCUT2D eigenvalue weighted by Gasteiger charge is 2.30. The van der Waals surface area contributed by atoms with Gasteiger partial charge in [0, 0.05) is 43.7 Å². The van der Waals surface area contributed by atoms with Crippen molar-refractivity contribution in [1.29, 1.82) is 0 Å². The Balaban J connectivity index is 1.60. The summed E-state index contributed by atoms with van der Waals surface area (Å²) < 4.78 is 39.2. The van der Waals surface area contributed by atoms with Crippen LogP contribution in [0.25, 0.3) is 16.9 Å². The third-order valence-electron chi connectivity index (χ3n) is 5.47. The molecule has 3 aromatic rings. The molecule has 0 spiro atoms. The van der Waals surface area contributed by atoms with Gasteiger partial charge in [0.2, 0.25) is 5.91 Å². The third-order valence-corrected chi connectivity index (χ3v) is 5.47. The number of piperazine rings is 1. The first kappa shape index (κ1) is 23.9. The number of carbonyl (C=O) groups excluding carboxylic acids is 3. The molecule has 2 aromatic heterocycles. The number of hydrogen-bond acceptors (Lipinski definition) is 6. The van der Waals surface area contributed by atoms with Gasteiger partial charge in [-0.1, -0.05) is 12.1 Å². The van der Waals surface area contributed by atoms with Crippen LogP contribution in [-0.2, 0) is 14.4 Å². The topological polar surface area (TPSA) is 99.5 Å². The minimum absolute atomic E-state index is 0.0262. The Morgan fingerprint density at radius 1 is 1.26 bits per heavy atom. The Labute approximate surface area is 197 Å². The maximum atomic E-state index is 12.5. The molecule has 0 bridgehead atoms. The van der Waals surface area contributed by atoms with E-state index in [1.807, 2.05) is 17.0 Å². The third kappa shape index (κ3) is 5.28. The van der Waals surface area contributed by atoms with Crippen molar-refractivity contribution in [3.05, 3.63) is 48.8 Å². The first-order valence-electron chi connectivity index (χ1n) is 10.5. The van der Waals surface area contributed by atoms with E-state index in [-0.39, 0.29) is 24.6 Å². The standard InChI is InChI=1S/C22H21F3N6O4/c1-28-7-8-29(12-20(28)33)16-5-6-30-18(11-26-19(30)10-16)15-3-2-4-17(9-15)31(35-14-32)21(34)27-13-22(23,24)25/h2-6,9-11,14H,7-8,12-13H2,1H3,(H,27,34). The summed E-state index contributed by atoms with van der Waals surface area (Å²) in [6.45, 7) is -0.0634. The Morgan fingerprint density at radius 2 is 2.06 bits per heavy atom. The van der Waals surface area contributed by atoms with Crippen molar-refractivity contribution in [2.45, 2.75) is 6.18 Å². The van der Waals surface area contributed by atoms with Gasteiger partial charge in [0.25, 0.3) is 0 Å². The van der Waals surface area contributed by atoms with Crippen LogP contribution in [0.3, 0.4) is 0 Å². The molecule has 184 valence electrons. The average Bonchev–Trinajstić information content (AvgIpc) is 3.26. The summed E-state index contributed by atoms with van der Waals surface area (Å²) in [4.78, 5) is 47.8. The van der Waals surface area contributed by atoms with E-state index in [1.165, 1.54) is 12.1 Å². The number of pyridine rings is 1. The van der Waals surface area contributed by atoms with E-state index in [4.69, 9.17) is 0 Å². The van der Waals surface area contributed by atoms with Gasteiger partial charge in [-0.25, -0.2) is 9.78 Å². The number of rotatable bonds is 6.